The number of benzene rings is 2. The fraction of sp³-hybridized carbons (Fsp3) is 0.308. The van der Waals surface area contributed by atoms with Crippen molar-refractivity contribution < 1.29 is 9.59 Å². The van der Waals surface area contributed by atoms with E-state index in [0.717, 1.165) is 31.2 Å². The number of likely N-dealkylation sites (tertiary alicyclic amines) is 1. The van der Waals surface area contributed by atoms with Crippen LogP contribution in [0, 0.1) is 0 Å². The van der Waals surface area contributed by atoms with Gasteiger partial charge in [0.15, 0.2) is 5.78 Å². The molecule has 1 amide bonds. The molecule has 1 saturated heterocycles. The second-order valence-electron chi connectivity index (χ2n) is 8.20. The minimum absolute atomic E-state index is 0.0392. The molecule has 32 heavy (non-hydrogen) atoms. The zero-order valence-electron chi connectivity index (χ0n) is 18.0. The highest BCUT2D eigenvalue weighted by atomic mass is 16.2. The van der Waals surface area contributed by atoms with Gasteiger partial charge in [-0.05, 0) is 24.5 Å². The minimum atomic E-state index is -0.253. The van der Waals surface area contributed by atoms with E-state index in [4.69, 9.17) is 0 Å². The molecule has 0 saturated carbocycles. The molecule has 164 valence electrons. The van der Waals surface area contributed by atoms with E-state index in [1.165, 1.54) is 16.8 Å². The summed E-state index contributed by atoms with van der Waals surface area (Å²) in [5.74, 6) is -0.183. The van der Waals surface area contributed by atoms with Crippen molar-refractivity contribution in [3.63, 3.8) is 0 Å². The molecule has 6 nitrogen and oxygen atoms in total. The first-order valence-electron chi connectivity index (χ1n) is 11.1. The molecule has 4 rings (SSSR count). The summed E-state index contributed by atoms with van der Waals surface area (Å²) < 4.78 is 1.32. The summed E-state index contributed by atoms with van der Waals surface area (Å²) in [5, 5.41) is 4.37. The molecule has 6 heteroatoms. The van der Waals surface area contributed by atoms with Gasteiger partial charge in [-0.1, -0.05) is 73.5 Å². The van der Waals surface area contributed by atoms with Crippen LogP contribution in [0.1, 0.15) is 58.5 Å². The summed E-state index contributed by atoms with van der Waals surface area (Å²) in [6.45, 7) is 0.891. The first-order valence-corrected chi connectivity index (χ1v) is 11.1. The predicted molar refractivity (Wildman–Crippen MR) is 123 cm³/mol. The molecule has 1 atom stereocenters. The molecule has 1 aliphatic heterocycles. The van der Waals surface area contributed by atoms with Gasteiger partial charge in [0.2, 0.25) is 0 Å². The lowest BCUT2D eigenvalue weighted by Gasteiger charge is -2.29. The van der Waals surface area contributed by atoms with Crippen LogP contribution in [0.4, 0.5) is 0 Å². The van der Waals surface area contributed by atoms with Crippen molar-refractivity contribution in [2.45, 2.75) is 44.7 Å². The first kappa shape index (κ1) is 21.7. The van der Waals surface area contributed by atoms with Crippen LogP contribution in [0.2, 0.25) is 0 Å². The smallest absolute Gasteiger partial charge is 0.274 e. The maximum absolute atomic E-state index is 13.4. The molecule has 0 unspecified atom stereocenters. The van der Waals surface area contributed by atoms with E-state index in [0.29, 0.717) is 25.1 Å². The third-order valence-electron chi connectivity index (χ3n) is 5.92. The van der Waals surface area contributed by atoms with Gasteiger partial charge in [0.1, 0.15) is 5.69 Å². The maximum atomic E-state index is 13.4. The Balaban J connectivity index is 1.56. The Bertz CT molecular complexity index is 1130. The average Bonchev–Trinajstić information content (AvgIpc) is 3.06. The maximum Gasteiger partial charge on any atom is 0.274 e. The second-order valence-corrected chi connectivity index (χ2v) is 8.20. The number of hydrogen-bond donors (Lipinski definition) is 0. The average molecular weight is 430 g/mol. The number of nitrogens with zero attached hydrogens (tertiary/aromatic N) is 3. The Morgan fingerprint density at radius 3 is 2.34 bits per heavy atom. The Morgan fingerprint density at radius 2 is 1.59 bits per heavy atom. The van der Waals surface area contributed by atoms with Crippen molar-refractivity contribution in [2.24, 2.45) is 0 Å². The number of hydrogen-bond acceptors (Lipinski definition) is 4. The second kappa shape index (κ2) is 10.2. The van der Waals surface area contributed by atoms with Crippen molar-refractivity contribution in [3.8, 4) is 0 Å². The zero-order chi connectivity index (χ0) is 22.3. The topological polar surface area (TPSA) is 72.3 Å². The van der Waals surface area contributed by atoms with Crippen LogP contribution in [0.15, 0.2) is 77.6 Å². The normalized spacial score (nSPS) is 16.4. The van der Waals surface area contributed by atoms with Crippen molar-refractivity contribution in [2.75, 3.05) is 6.54 Å². The van der Waals surface area contributed by atoms with E-state index in [1.807, 2.05) is 60.7 Å². The molecule has 2 heterocycles. The number of Topliss-reactive ketones (excluding diaryl/α,β-unsaturated/α-hetero) is 1. The molecule has 1 fully saturated rings. The van der Waals surface area contributed by atoms with Gasteiger partial charge in [-0.3, -0.25) is 14.4 Å². The molecule has 0 bridgehead atoms. The van der Waals surface area contributed by atoms with E-state index in [9.17, 15) is 14.4 Å². The lowest BCUT2D eigenvalue weighted by Crippen LogP contribution is -2.42. The summed E-state index contributed by atoms with van der Waals surface area (Å²) in [5.41, 5.74) is 1.59. The zero-order valence-corrected chi connectivity index (χ0v) is 18.0. The molecule has 0 N–H and O–H groups in total. The van der Waals surface area contributed by atoms with Crippen LogP contribution < -0.4 is 5.56 Å². The number of rotatable bonds is 6. The molecule has 3 aromatic rings. The fourth-order valence-corrected chi connectivity index (χ4v) is 4.19. The van der Waals surface area contributed by atoms with Crippen molar-refractivity contribution in [1.29, 1.82) is 0 Å². The summed E-state index contributed by atoms with van der Waals surface area (Å²) in [6.07, 6.45) is 3.98. The van der Waals surface area contributed by atoms with Crippen LogP contribution in [-0.4, -0.2) is 39.0 Å². The van der Waals surface area contributed by atoms with Gasteiger partial charge in [-0.2, -0.15) is 5.10 Å². The summed E-state index contributed by atoms with van der Waals surface area (Å²) in [6, 6.07) is 21.5. The van der Waals surface area contributed by atoms with Gasteiger partial charge >= 0.3 is 0 Å². The third-order valence-corrected chi connectivity index (χ3v) is 5.92. The van der Waals surface area contributed by atoms with Crippen molar-refractivity contribution in [3.05, 3.63) is 100.0 Å². The van der Waals surface area contributed by atoms with E-state index in [2.05, 4.69) is 5.10 Å². The van der Waals surface area contributed by atoms with E-state index < -0.39 is 0 Å². The van der Waals surface area contributed by atoms with Crippen LogP contribution in [0.3, 0.4) is 0 Å². The number of amides is 1. The lowest BCUT2D eigenvalue weighted by molar-refractivity contribution is 0.0651. The minimum Gasteiger partial charge on any atom is -0.334 e. The summed E-state index contributed by atoms with van der Waals surface area (Å²) in [4.78, 5) is 40.4. The Labute approximate surface area is 187 Å². The molecule has 0 aliphatic carbocycles. The van der Waals surface area contributed by atoms with Crippen LogP contribution in [0.5, 0.6) is 0 Å². The van der Waals surface area contributed by atoms with E-state index in [1.54, 1.807) is 4.90 Å². The van der Waals surface area contributed by atoms with Gasteiger partial charge in [0.25, 0.3) is 11.5 Å². The molecular formula is C26H27N3O3. The van der Waals surface area contributed by atoms with E-state index >= 15 is 0 Å². The van der Waals surface area contributed by atoms with Gasteiger partial charge in [0, 0.05) is 30.6 Å². The van der Waals surface area contributed by atoms with Crippen LogP contribution in [-0.2, 0) is 6.54 Å². The lowest BCUT2D eigenvalue weighted by atomic mass is 9.99. The van der Waals surface area contributed by atoms with E-state index in [-0.39, 0.29) is 29.0 Å². The Hall–Kier alpha value is -3.54. The number of carbonyl (C=O) groups is 2. The largest absolute Gasteiger partial charge is 0.334 e. The third kappa shape index (κ3) is 5.19. The van der Waals surface area contributed by atoms with Gasteiger partial charge < -0.3 is 4.90 Å². The van der Waals surface area contributed by atoms with Gasteiger partial charge in [-0.25, -0.2) is 4.68 Å². The van der Waals surface area contributed by atoms with Crippen molar-refractivity contribution >= 4 is 11.7 Å². The fourth-order valence-electron chi connectivity index (χ4n) is 4.19. The molecular weight excluding hydrogens is 402 g/mol. The first-order chi connectivity index (χ1) is 15.6. The number of aromatic nitrogens is 2. The SMILES string of the molecule is O=C(C[C@@H]1CCCCCN1C(=O)c1ccc(=O)n(Cc2ccccc2)n1)c1ccccc1. The highest BCUT2D eigenvalue weighted by Gasteiger charge is 2.29. The summed E-state index contributed by atoms with van der Waals surface area (Å²) in [7, 11) is 0. The molecule has 2 aromatic carbocycles. The molecule has 0 radical (unpaired) electrons. The monoisotopic (exact) mass is 429 g/mol. The highest BCUT2D eigenvalue weighted by molar-refractivity contribution is 5.97. The molecule has 1 aliphatic rings. The van der Waals surface area contributed by atoms with Crippen LogP contribution >= 0.6 is 0 Å². The highest BCUT2D eigenvalue weighted by Crippen LogP contribution is 2.22. The molecule has 0 spiro atoms. The quantitative estimate of drug-likeness (QED) is 0.556. The standard InChI is InChI=1S/C26H27N3O3/c30-24(21-12-6-2-7-13-21)18-22-14-8-3-9-17-28(22)26(32)23-15-16-25(31)29(27-23)19-20-10-4-1-5-11-20/h1-2,4-7,10-13,15-16,22H,3,8-9,14,17-19H2/t22-/m0/s1. The van der Waals surface area contributed by atoms with Gasteiger partial charge in [0.05, 0.1) is 6.54 Å². The summed E-state index contributed by atoms with van der Waals surface area (Å²) >= 11 is 0. The number of ketones is 1. The van der Waals surface area contributed by atoms with Crippen LogP contribution in [0.25, 0.3) is 0 Å². The van der Waals surface area contributed by atoms with Gasteiger partial charge in [-0.15, -0.1) is 0 Å². The Kier molecular flexibility index (Phi) is 6.90. The predicted octanol–water partition coefficient (Wildman–Crippen LogP) is 3.95. The van der Waals surface area contributed by atoms with Crippen molar-refractivity contribution in [1.82, 2.24) is 14.7 Å². The molecule has 1 aromatic heterocycles. The Morgan fingerprint density at radius 1 is 0.875 bits per heavy atom. The number of carbonyl (C=O) groups excluding carboxylic acids is 2.